The number of fused-ring (bicyclic) bond motifs is 7. The van der Waals surface area contributed by atoms with Crippen LogP contribution in [0.4, 0.5) is 0 Å². The molecule has 11 nitrogen and oxygen atoms in total. The van der Waals surface area contributed by atoms with E-state index in [1.165, 1.54) is 52.8 Å². The Morgan fingerprint density at radius 1 is 1.03 bits per heavy atom. The SMILES string of the molecule is CCc1cc2c(cc1CC)CC(NC[C@H](O)c1ccc(O)c3[nH]c(=O)ccc13)C2.C[C@@H]1C[C@H]2[C@@H]3CCC4=CC(=O)C=C[C@]4(C)[C@@]3(Cl)[C@@H](O)C[C@]2(C)[C@@]1(OC(=O)c1ccco1)C(=O)CCl. The van der Waals surface area contributed by atoms with Gasteiger partial charge in [0.15, 0.2) is 17.2 Å². The standard InChI is InChI=1S/C27H30Cl2O6.C24H28N2O3/c1-15-11-19-18-7-6-16-12-17(30)8-9-24(16,2)26(18,29)21(31)13-25(19,3)27(15,22(32)14-28)35-23(33)20-5-4-10-34-20;1-3-14-9-16-11-18(12-17(16)10-15(14)4-2)25-13-22(28)19-5-7-21(27)24-20(19)6-8-23(29)26-24/h4-5,8-10,12,15,18-19,21,31H,6-7,11,13-14H2,1-3H3;5-10,18,22,25,27-28H,3-4,11-13H2,1-2H3,(H,26,29)/t15-,18+,19+,21+,24+,25+,26+,27+;22-/m10/s1. The van der Waals surface area contributed by atoms with E-state index in [9.17, 15) is 34.5 Å². The number of aliphatic hydroxyl groups excluding tert-OH is 2. The van der Waals surface area contributed by atoms with Crippen LogP contribution >= 0.6 is 23.2 Å². The molecule has 64 heavy (non-hydrogen) atoms. The summed E-state index contributed by atoms with van der Waals surface area (Å²) in [5.41, 5.74) is 4.29. The minimum absolute atomic E-state index is 0.00557. The van der Waals surface area contributed by atoms with Crippen molar-refractivity contribution in [2.75, 3.05) is 12.4 Å². The van der Waals surface area contributed by atoms with Crippen molar-refractivity contribution in [1.82, 2.24) is 10.3 Å². The number of aliphatic hydroxyl groups is 2. The van der Waals surface area contributed by atoms with Crippen LogP contribution in [-0.4, -0.2) is 72.9 Å². The highest BCUT2D eigenvalue weighted by Gasteiger charge is 2.76. The Labute approximate surface area is 383 Å². The molecular formula is C51H58Cl2N2O9. The molecule has 2 heterocycles. The number of aromatic hydroxyl groups is 1. The first-order valence-electron chi connectivity index (χ1n) is 22.5. The number of H-pyrrole nitrogens is 1. The normalized spacial score (nSPS) is 31.0. The average molecular weight is 914 g/mol. The summed E-state index contributed by atoms with van der Waals surface area (Å²) in [5.74, 6) is -2.12. The molecule has 0 saturated heterocycles. The van der Waals surface area contributed by atoms with Gasteiger partial charge in [-0.15, -0.1) is 23.2 Å². The Balaban J connectivity index is 0.000000178. The second-order valence-corrected chi connectivity index (χ2v) is 19.9. The molecular weight excluding hydrogens is 855 g/mol. The van der Waals surface area contributed by atoms with Crippen molar-refractivity contribution in [1.29, 1.82) is 0 Å². The second-order valence-electron chi connectivity index (χ2n) is 19.0. The highest BCUT2D eigenvalue weighted by atomic mass is 35.5. The van der Waals surface area contributed by atoms with Crippen LogP contribution in [0.5, 0.6) is 5.75 Å². The summed E-state index contributed by atoms with van der Waals surface area (Å²) in [6, 6.07) is 14.4. The topological polar surface area (TPSA) is 179 Å². The first-order valence-corrected chi connectivity index (χ1v) is 23.4. The molecule has 0 aliphatic heterocycles. The van der Waals surface area contributed by atoms with Gasteiger partial charge in [-0.1, -0.05) is 64.5 Å². The Morgan fingerprint density at radius 3 is 2.38 bits per heavy atom. The van der Waals surface area contributed by atoms with Gasteiger partial charge in [-0.2, -0.15) is 0 Å². The number of carbonyl (C=O) groups excluding carboxylic acids is 3. The molecule has 0 unspecified atom stereocenters. The van der Waals surface area contributed by atoms with E-state index in [1.807, 2.05) is 26.8 Å². The van der Waals surface area contributed by atoms with Crippen molar-refractivity contribution in [3.63, 3.8) is 0 Å². The third kappa shape index (κ3) is 7.30. The monoisotopic (exact) mass is 912 g/mol. The summed E-state index contributed by atoms with van der Waals surface area (Å²) < 4.78 is 11.3. The van der Waals surface area contributed by atoms with Crippen molar-refractivity contribution in [2.24, 2.45) is 28.6 Å². The molecule has 0 amide bonds. The predicted octanol–water partition coefficient (Wildman–Crippen LogP) is 8.02. The molecule has 5 N–H and O–H groups in total. The predicted molar refractivity (Wildman–Crippen MR) is 246 cm³/mol. The molecule has 3 saturated carbocycles. The van der Waals surface area contributed by atoms with Gasteiger partial charge in [-0.25, -0.2) is 4.79 Å². The van der Waals surface area contributed by atoms with E-state index >= 15 is 0 Å². The molecule has 13 heteroatoms. The van der Waals surface area contributed by atoms with Crippen molar-refractivity contribution in [3.05, 3.63) is 123 Å². The number of phenols is 1. The summed E-state index contributed by atoms with van der Waals surface area (Å²) in [7, 11) is 0. The highest BCUT2D eigenvalue weighted by molar-refractivity contribution is 6.29. The van der Waals surface area contributed by atoms with E-state index < -0.39 is 39.5 Å². The average Bonchev–Trinajstić information content (AvgIpc) is 4.01. The van der Waals surface area contributed by atoms with E-state index in [1.54, 1.807) is 24.3 Å². The van der Waals surface area contributed by atoms with Crippen molar-refractivity contribution in [2.45, 2.75) is 115 Å². The van der Waals surface area contributed by atoms with Crippen LogP contribution in [0.2, 0.25) is 0 Å². The van der Waals surface area contributed by atoms with Gasteiger partial charge in [0.05, 0.1) is 34.7 Å². The number of ether oxygens (including phenoxy) is 1. The lowest BCUT2D eigenvalue weighted by atomic mass is 9.45. The number of carbonyl (C=O) groups is 3. The van der Waals surface area contributed by atoms with Crippen LogP contribution in [0.15, 0.2) is 87.8 Å². The van der Waals surface area contributed by atoms with Crippen LogP contribution in [-0.2, 0) is 40.0 Å². The van der Waals surface area contributed by atoms with Gasteiger partial charge >= 0.3 is 5.97 Å². The largest absolute Gasteiger partial charge is 0.506 e. The van der Waals surface area contributed by atoms with E-state index in [2.05, 4.69) is 36.3 Å². The zero-order valence-electron chi connectivity index (χ0n) is 37.0. The number of aromatic amines is 1. The van der Waals surface area contributed by atoms with Gasteiger partial charge in [0.2, 0.25) is 11.3 Å². The smallest absolute Gasteiger partial charge is 0.375 e. The van der Waals surface area contributed by atoms with Crippen molar-refractivity contribution in [3.8, 4) is 5.75 Å². The number of halogens is 2. The van der Waals surface area contributed by atoms with Crippen molar-refractivity contribution >= 4 is 51.6 Å². The second kappa shape index (κ2) is 17.4. The van der Waals surface area contributed by atoms with Crippen molar-refractivity contribution < 1.29 is 38.9 Å². The minimum atomic E-state index is -1.53. The fourth-order valence-corrected chi connectivity index (χ4v) is 13.3. The van der Waals surface area contributed by atoms with E-state index in [4.69, 9.17) is 32.4 Å². The summed E-state index contributed by atoms with van der Waals surface area (Å²) in [6.07, 6.45) is 10.8. The molecule has 0 radical (unpaired) electrons. The number of Topliss-reactive ketones (excluding diaryl/α,β-unsaturated/α-hetero) is 1. The quantitative estimate of drug-likeness (QED) is 0.0773. The molecule has 5 aliphatic rings. The molecule has 9 rings (SSSR count). The number of ketones is 2. The van der Waals surface area contributed by atoms with Gasteiger partial charge in [0.25, 0.3) is 0 Å². The van der Waals surface area contributed by atoms with E-state index in [0.29, 0.717) is 48.3 Å². The Morgan fingerprint density at radius 2 is 1.73 bits per heavy atom. The maximum absolute atomic E-state index is 13.6. The number of rotatable bonds is 10. The summed E-state index contributed by atoms with van der Waals surface area (Å²) in [6.45, 7) is 10.6. The molecule has 2 aromatic heterocycles. The lowest BCUT2D eigenvalue weighted by Gasteiger charge is -2.64. The number of aryl methyl sites for hydroxylation is 2. The van der Waals surface area contributed by atoms with Gasteiger partial charge in [0.1, 0.15) is 5.75 Å². The number of allylic oxidation sites excluding steroid dienone is 4. The molecule has 4 aromatic rings. The lowest BCUT2D eigenvalue weighted by Crippen LogP contribution is -2.69. The van der Waals surface area contributed by atoms with E-state index in [-0.39, 0.29) is 58.7 Å². The number of nitrogens with one attached hydrogen (secondary N) is 2. The molecule has 2 aromatic carbocycles. The number of esters is 1. The summed E-state index contributed by atoms with van der Waals surface area (Å²) in [5, 5.41) is 36.7. The lowest BCUT2D eigenvalue weighted by molar-refractivity contribution is -0.177. The van der Waals surface area contributed by atoms with Gasteiger partial charge in [0, 0.05) is 40.8 Å². The maximum atomic E-state index is 13.6. The Kier molecular flexibility index (Phi) is 12.5. The number of benzene rings is 2. The maximum Gasteiger partial charge on any atom is 0.375 e. The zero-order valence-corrected chi connectivity index (χ0v) is 38.5. The number of furan rings is 1. The van der Waals surface area contributed by atoms with Gasteiger partial charge in [-0.3, -0.25) is 14.4 Å². The number of alkyl halides is 2. The third-order valence-corrected chi connectivity index (χ3v) is 16.9. The van der Waals surface area contributed by atoms with E-state index in [0.717, 1.165) is 31.3 Å². The number of phenolic OH excluding ortho intramolecular Hbond substituents is 1. The molecule has 0 spiro atoms. The van der Waals surface area contributed by atoms with Crippen LogP contribution in [0.1, 0.15) is 105 Å². The molecule has 9 atom stereocenters. The fraction of sp³-hybridized carbons (Fsp3) is 0.490. The molecule has 3 fully saturated rings. The zero-order chi connectivity index (χ0) is 45.9. The summed E-state index contributed by atoms with van der Waals surface area (Å²) in [4.78, 5) is 51.9. The van der Waals surface area contributed by atoms with Gasteiger partial charge in [-0.05, 0) is 127 Å². The van der Waals surface area contributed by atoms with Gasteiger partial charge < -0.3 is 34.8 Å². The van der Waals surface area contributed by atoms with Crippen LogP contribution in [0, 0.1) is 28.6 Å². The first-order chi connectivity index (χ1) is 30.4. The number of pyridine rings is 1. The number of aromatic nitrogens is 1. The third-order valence-electron chi connectivity index (χ3n) is 15.8. The number of hydrogen-bond acceptors (Lipinski definition) is 10. The molecule has 5 aliphatic carbocycles. The fourth-order valence-electron chi connectivity index (χ4n) is 12.6. The van der Waals surface area contributed by atoms with Crippen LogP contribution in [0.3, 0.4) is 0 Å². The Hall–Kier alpha value is -4.52. The highest BCUT2D eigenvalue weighted by Crippen LogP contribution is 2.72. The summed E-state index contributed by atoms with van der Waals surface area (Å²) >= 11 is 13.6. The Bertz CT molecular complexity index is 2570. The first kappa shape index (κ1) is 46.0. The molecule has 0 bridgehead atoms. The van der Waals surface area contributed by atoms with Crippen LogP contribution in [0.25, 0.3) is 10.9 Å². The van der Waals surface area contributed by atoms with Crippen LogP contribution < -0.4 is 10.9 Å². The number of hydrogen-bond donors (Lipinski definition) is 5. The minimum Gasteiger partial charge on any atom is -0.506 e. The molecule has 340 valence electrons.